The minimum absolute atomic E-state index is 0.128. The molecule has 1 aliphatic heterocycles. The second kappa shape index (κ2) is 14.9. The van der Waals surface area contributed by atoms with E-state index in [2.05, 4.69) is 16.0 Å². The van der Waals surface area contributed by atoms with E-state index < -0.39 is 29.8 Å². The highest BCUT2D eigenvalue weighted by molar-refractivity contribution is 6.01. The van der Waals surface area contributed by atoms with E-state index in [-0.39, 0.29) is 50.6 Å². The maximum Gasteiger partial charge on any atom is 0.255 e. The molecule has 3 aromatic rings. The zero-order chi connectivity index (χ0) is 30.8. The second-order valence-corrected chi connectivity index (χ2v) is 10.6. The Morgan fingerprint density at radius 2 is 1.74 bits per heavy atom. The highest BCUT2D eigenvalue weighted by Crippen LogP contribution is 2.20. The van der Waals surface area contributed by atoms with Crippen molar-refractivity contribution < 1.29 is 28.7 Å². The number of rotatable bonds is 7. The van der Waals surface area contributed by atoms with Gasteiger partial charge in [-0.25, -0.2) is 0 Å². The van der Waals surface area contributed by atoms with Gasteiger partial charge in [0.15, 0.2) is 0 Å². The number of nitrogens with zero attached hydrogens (tertiary/aromatic N) is 1. The smallest absolute Gasteiger partial charge is 0.255 e. The number of carbonyl (C=O) groups excluding carboxylic acids is 4. The molecule has 0 saturated heterocycles. The third-order valence-corrected chi connectivity index (χ3v) is 7.11. The fourth-order valence-corrected chi connectivity index (χ4v) is 4.80. The molecule has 0 bridgehead atoms. The van der Waals surface area contributed by atoms with E-state index in [1.54, 1.807) is 31.3 Å². The lowest BCUT2D eigenvalue weighted by atomic mass is 10.0. The van der Waals surface area contributed by atoms with Crippen LogP contribution in [0.4, 0.5) is 0 Å². The molecule has 226 valence electrons. The van der Waals surface area contributed by atoms with Gasteiger partial charge in [0.25, 0.3) is 5.91 Å². The zero-order valence-electron chi connectivity index (χ0n) is 24.7. The number of aryl methyl sites for hydroxylation is 2. The summed E-state index contributed by atoms with van der Waals surface area (Å²) in [4.78, 5) is 54.8. The second-order valence-electron chi connectivity index (χ2n) is 10.6. The summed E-state index contributed by atoms with van der Waals surface area (Å²) in [6, 6.07) is 19.7. The number of fused-ring (bicyclic) bond motifs is 1. The SMILES string of the molecule is Cc1ccc(OCCNC(=O)[C@@H]2CC(=O)N[C@H](Cc3ccccc3)C(=O)N(C)CCOc3ccccc3C(=O)N2)c(C)c1. The van der Waals surface area contributed by atoms with Crippen molar-refractivity contribution in [1.29, 1.82) is 0 Å². The molecule has 10 heteroatoms. The summed E-state index contributed by atoms with van der Waals surface area (Å²) in [5.41, 5.74) is 3.18. The quantitative estimate of drug-likeness (QED) is 0.366. The summed E-state index contributed by atoms with van der Waals surface area (Å²) in [6.07, 6.45) is -0.112. The molecule has 4 amide bonds. The molecule has 43 heavy (non-hydrogen) atoms. The largest absolute Gasteiger partial charge is 0.491 e. The van der Waals surface area contributed by atoms with Crippen LogP contribution in [0.25, 0.3) is 0 Å². The number of amides is 4. The summed E-state index contributed by atoms with van der Waals surface area (Å²) in [5, 5.41) is 8.23. The van der Waals surface area contributed by atoms with Crippen LogP contribution in [-0.2, 0) is 20.8 Å². The zero-order valence-corrected chi connectivity index (χ0v) is 24.7. The Bertz CT molecular complexity index is 1440. The van der Waals surface area contributed by atoms with Crippen LogP contribution in [0.2, 0.25) is 0 Å². The number of hydrogen-bond donors (Lipinski definition) is 3. The van der Waals surface area contributed by atoms with Crippen molar-refractivity contribution in [2.45, 2.75) is 38.8 Å². The molecular formula is C33H38N4O6. The van der Waals surface area contributed by atoms with Crippen molar-refractivity contribution in [1.82, 2.24) is 20.9 Å². The molecule has 3 aromatic carbocycles. The van der Waals surface area contributed by atoms with Crippen molar-refractivity contribution in [3.63, 3.8) is 0 Å². The van der Waals surface area contributed by atoms with E-state index in [1.807, 2.05) is 62.4 Å². The number of carbonyl (C=O) groups is 4. The molecule has 1 heterocycles. The summed E-state index contributed by atoms with van der Waals surface area (Å²) in [7, 11) is 1.64. The first-order valence-corrected chi connectivity index (χ1v) is 14.3. The number of hydrogen-bond acceptors (Lipinski definition) is 6. The Morgan fingerprint density at radius 1 is 1.00 bits per heavy atom. The number of para-hydroxylation sites is 1. The minimum atomic E-state index is -1.21. The summed E-state index contributed by atoms with van der Waals surface area (Å²) < 4.78 is 11.7. The molecule has 0 unspecified atom stereocenters. The molecule has 0 fully saturated rings. The van der Waals surface area contributed by atoms with Gasteiger partial charge >= 0.3 is 0 Å². The standard InChI is InChI=1S/C33H38N4O6/c1-22-13-14-28(23(2)19-22)42-17-15-34-32(40)26-21-30(38)35-27(20-24-9-5-4-6-10-24)33(41)37(3)16-18-43-29-12-8-7-11-25(29)31(39)36-26/h4-14,19,26-27H,15-18,20-21H2,1-3H3,(H,34,40)(H,35,38)(H,36,39)/t26-,27+/m0/s1. The minimum Gasteiger partial charge on any atom is -0.491 e. The van der Waals surface area contributed by atoms with Crippen molar-refractivity contribution in [2.75, 3.05) is 33.4 Å². The van der Waals surface area contributed by atoms with Crippen molar-refractivity contribution >= 4 is 23.6 Å². The lowest BCUT2D eigenvalue weighted by Gasteiger charge is -2.27. The molecular weight excluding hydrogens is 548 g/mol. The van der Waals surface area contributed by atoms with Crippen molar-refractivity contribution in [3.05, 3.63) is 95.1 Å². The lowest BCUT2D eigenvalue weighted by Crippen LogP contribution is -2.53. The van der Waals surface area contributed by atoms with Crippen LogP contribution in [0.3, 0.4) is 0 Å². The van der Waals surface area contributed by atoms with Gasteiger partial charge in [0.05, 0.1) is 25.1 Å². The van der Waals surface area contributed by atoms with Crippen molar-refractivity contribution in [3.8, 4) is 11.5 Å². The van der Waals surface area contributed by atoms with E-state index in [9.17, 15) is 19.2 Å². The molecule has 0 aliphatic carbocycles. The molecule has 2 atom stereocenters. The highest BCUT2D eigenvalue weighted by Gasteiger charge is 2.30. The van der Waals surface area contributed by atoms with Gasteiger partial charge in [0, 0.05) is 13.5 Å². The van der Waals surface area contributed by atoms with Gasteiger partial charge in [-0.15, -0.1) is 0 Å². The molecule has 1 aliphatic rings. The molecule has 0 saturated carbocycles. The van der Waals surface area contributed by atoms with Gasteiger partial charge in [0.2, 0.25) is 17.7 Å². The first-order valence-electron chi connectivity index (χ1n) is 14.3. The van der Waals surface area contributed by atoms with Crippen LogP contribution in [0.1, 0.15) is 33.5 Å². The fraction of sp³-hybridized carbons (Fsp3) is 0.333. The highest BCUT2D eigenvalue weighted by atomic mass is 16.5. The first kappa shape index (κ1) is 31.1. The van der Waals surface area contributed by atoms with E-state index in [4.69, 9.17) is 9.47 Å². The van der Waals surface area contributed by atoms with Crippen LogP contribution in [0.15, 0.2) is 72.8 Å². The molecule has 0 radical (unpaired) electrons. The number of nitrogens with one attached hydrogen (secondary N) is 3. The van der Waals surface area contributed by atoms with Gasteiger partial charge in [-0.2, -0.15) is 0 Å². The maximum atomic E-state index is 13.4. The third kappa shape index (κ3) is 8.81. The third-order valence-electron chi connectivity index (χ3n) is 7.11. The Kier molecular flexibility index (Phi) is 10.7. The number of ether oxygens (including phenoxy) is 2. The monoisotopic (exact) mass is 586 g/mol. The Labute approximate surface area is 251 Å². The van der Waals surface area contributed by atoms with Crippen LogP contribution in [-0.4, -0.2) is 74.0 Å². The number of likely N-dealkylation sites (N-methyl/N-ethyl adjacent to an activating group) is 1. The predicted octanol–water partition coefficient (Wildman–Crippen LogP) is 2.57. The molecule has 4 rings (SSSR count). The topological polar surface area (TPSA) is 126 Å². The summed E-state index contributed by atoms with van der Waals surface area (Å²) in [6.45, 7) is 4.66. The van der Waals surface area contributed by atoms with E-state index >= 15 is 0 Å². The summed E-state index contributed by atoms with van der Waals surface area (Å²) in [5.74, 6) is -0.930. The van der Waals surface area contributed by atoms with Gasteiger partial charge in [-0.1, -0.05) is 60.2 Å². The van der Waals surface area contributed by atoms with Gasteiger partial charge in [0.1, 0.15) is 36.8 Å². The average Bonchev–Trinajstić information content (AvgIpc) is 2.99. The number of benzene rings is 3. The Morgan fingerprint density at radius 3 is 2.51 bits per heavy atom. The molecule has 3 N–H and O–H groups in total. The molecule has 0 spiro atoms. The molecule has 0 aromatic heterocycles. The Balaban J connectivity index is 1.51. The van der Waals surface area contributed by atoms with E-state index in [0.717, 1.165) is 16.7 Å². The van der Waals surface area contributed by atoms with Gasteiger partial charge in [-0.05, 0) is 43.2 Å². The van der Waals surface area contributed by atoms with Crippen LogP contribution < -0.4 is 25.4 Å². The Hall–Kier alpha value is -4.86. The van der Waals surface area contributed by atoms with Gasteiger partial charge in [-0.3, -0.25) is 19.2 Å². The normalized spacial score (nSPS) is 17.9. The van der Waals surface area contributed by atoms with Crippen molar-refractivity contribution in [2.24, 2.45) is 0 Å². The maximum absolute atomic E-state index is 13.4. The van der Waals surface area contributed by atoms with E-state index in [0.29, 0.717) is 11.5 Å². The first-order chi connectivity index (χ1) is 20.7. The lowest BCUT2D eigenvalue weighted by molar-refractivity contribution is -0.136. The predicted molar refractivity (Wildman–Crippen MR) is 162 cm³/mol. The van der Waals surface area contributed by atoms with Crippen LogP contribution >= 0.6 is 0 Å². The summed E-state index contributed by atoms with van der Waals surface area (Å²) >= 11 is 0. The molecule has 10 nitrogen and oxygen atoms in total. The van der Waals surface area contributed by atoms with E-state index in [1.165, 1.54) is 4.90 Å². The average molecular weight is 587 g/mol. The van der Waals surface area contributed by atoms with Crippen LogP contribution in [0, 0.1) is 13.8 Å². The fourth-order valence-electron chi connectivity index (χ4n) is 4.80. The van der Waals surface area contributed by atoms with Gasteiger partial charge < -0.3 is 30.3 Å². The van der Waals surface area contributed by atoms with Crippen LogP contribution in [0.5, 0.6) is 11.5 Å².